The largest absolute Gasteiger partial charge is 0.350 e. The van der Waals surface area contributed by atoms with Crippen LogP contribution in [0.1, 0.15) is 53.6 Å². The van der Waals surface area contributed by atoms with Crippen molar-refractivity contribution in [1.82, 2.24) is 10.3 Å². The minimum Gasteiger partial charge on any atom is -0.350 e. The highest BCUT2D eigenvalue weighted by molar-refractivity contribution is 6.05. The van der Waals surface area contributed by atoms with E-state index >= 15 is 0 Å². The van der Waals surface area contributed by atoms with Gasteiger partial charge in [0.25, 0.3) is 11.8 Å². The lowest BCUT2D eigenvalue weighted by Gasteiger charge is -2.12. The Morgan fingerprint density at radius 1 is 1.12 bits per heavy atom. The topological polar surface area (TPSA) is 71.1 Å². The van der Waals surface area contributed by atoms with Crippen LogP contribution in [-0.4, -0.2) is 22.8 Å². The standard InChI is InChI=1S/C19H23N3O2/c1-4-13(3)21-18(23)15-10-11-20-17(12-15)19(24)22-16-9-7-6-8-14(16)5-2/h6-13H,4-5H2,1-3H3,(H,21,23)(H,22,24). The SMILES string of the molecule is CCc1ccccc1NC(=O)c1cc(C(=O)NC(C)CC)ccn1. The van der Waals surface area contributed by atoms with Crippen molar-refractivity contribution in [3.63, 3.8) is 0 Å². The first-order valence-electron chi connectivity index (χ1n) is 8.21. The van der Waals surface area contributed by atoms with Crippen LogP contribution in [0.3, 0.4) is 0 Å². The summed E-state index contributed by atoms with van der Waals surface area (Å²) in [6, 6.07) is 10.8. The van der Waals surface area contributed by atoms with Crippen LogP contribution in [0.4, 0.5) is 5.69 Å². The quantitative estimate of drug-likeness (QED) is 0.855. The van der Waals surface area contributed by atoms with E-state index in [1.165, 1.54) is 12.3 Å². The van der Waals surface area contributed by atoms with E-state index in [2.05, 4.69) is 15.6 Å². The molecule has 0 saturated heterocycles. The molecule has 1 heterocycles. The van der Waals surface area contributed by atoms with Crippen LogP contribution in [0.15, 0.2) is 42.6 Å². The molecular weight excluding hydrogens is 302 g/mol. The fourth-order valence-electron chi connectivity index (χ4n) is 2.24. The summed E-state index contributed by atoms with van der Waals surface area (Å²) in [5.41, 5.74) is 2.47. The average Bonchev–Trinajstić information content (AvgIpc) is 2.62. The predicted octanol–water partition coefficient (Wildman–Crippen LogP) is 3.42. The Balaban J connectivity index is 2.16. The molecule has 2 aromatic rings. The van der Waals surface area contributed by atoms with Crippen molar-refractivity contribution in [1.29, 1.82) is 0 Å². The average molecular weight is 325 g/mol. The molecule has 0 fully saturated rings. The molecular formula is C19H23N3O2. The van der Waals surface area contributed by atoms with Crippen LogP contribution in [0.25, 0.3) is 0 Å². The van der Waals surface area contributed by atoms with Crippen molar-refractivity contribution in [3.8, 4) is 0 Å². The number of rotatable bonds is 6. The Kier molecular flexibility index (Phi) is 6.07. The van der Waals surface area contributed by atoms with Gasteiger partial charge in [-0.25, -0.2) is 0 Å². The third-order valence-electron chi connectivity index (χ3n) is 3.89. The van der Waals surface area contributed by atoms with Crippen LogP contribution in [0.5, 0.6) is 0 Å². The van der Waals surface area contributed by atoms with Crippen LogP contribution in [0, 0.1) is 0 Å². The number of anilines is 1. The number of pyridine rings is 1. The van der Waals surface area contributed by atoms with E-state index in [4.69, 9.17) is 0 Å². The third-order valence-corrected chi connectivity index (χ3v) is 3.89. The maximum absolute atomic E-state index is 12.4. The maximum atomic E-state index is 12.4. The van der Waals surface area contributed by atoms with Crippen molar-refractivity contribution in [3.05, 3.63) is 59.4 Å². The Morgan fingerprint density at radius 3 is 2.58 bits per heavy atom. The molecule has 126 valence electrons. The lowest BCUT2D eigenvalue weighted by Crippen LogP contribution is -2.32. The van der Waals surface area contributed by atoms with Gasteiger partial charge in [0.1, 0.15) is 5.69 Å². The van der Waals surface area contributed by atoms with Crippen molar-refractivity contribution >= 4 is 17.5 Å². The van der Waals surface area contributed by atoms with Crippen molar-refractivity contribution < 1.29 is 9.59 Å². The summed E-state index contributed by atoms with van der Waals surface area (Å²) < 4.78 is 0. The molecule has 1 unspecified atom stereocenters. The number of nitrogens with zero attached hydrogens (tertiary/aromatic N) is 1. The second-order valence-electron chi connectivity index (χ2n) is 5.68. The van der Waals surface area contributed by atoms with Crippen molar-refractivity contribution in [2.75, 3.05) is 5.32 Å². The Hall–Kier alpha value is -2.69. The summed E-state index contributed by atoms with van der Waals surface area (Å²) in [7, 11) is 0. The molecule has 0 radical (unpaired) electrons. The summed E-state index contributed by atoms with van der Waals surface area (Å²) in [6.45, 7) is 5.97. The van der Waals surface area contributed by atoms with Gasteiger partial charge in [0, 0.05) is 23.5 Å². The molecule has 0 aliphatic rings. The first-order valence-corrected chi connectivity index (χ1v) is 8.21. The van der Waals surface area contributed by atoms with Crippen molar-refractivity contribution in [2.24, 2.45) is 0 Å². The monoisotopic (exact) mass is 325 g/mol. The normalized spacial score (nSPS) is 11.6. The zero-order valence-electron chi connectivity index (χ0n) is 14.3. The molecule has 5 nitrogen and oxygen atoms in total. The summed E-state index contributed by atoms with van der Waals surface area (Å²) in [5, 5.41) is 5.74. The summed E-state index contributed by atoms with van der Waals surface area (Å²) in [6.07, 6.45) is 3.14. The number of nitrogens with one attached hydrogen (secondary N) is 2. The van der Waals surface area contributed by atoms with Gasteiger partial charge >= 0.3 is 0 Å². The summed E-state index contributed by atoms with van der Waals surface area (Å²) >= 11 is 0. The fourth-order valence-corrected chi connectivity index (χ4v) is 2.24. The molecule has 0 bridgehead atoms. The van der Waals surface area contributed by atoms with E-state index < -0.39 is 0 Å². The number of carbonyl (C=O) groups is 2. The number of aryl methyl sites for hydroxylation is 1. The molecule has 2 amide bonds. The van der Waals surface area contributed by atoms with Gasteiger partial charge in [-0.15, -0.1) is 0 Å². The van der Waals surface area contributed by atoms with E-state index in [1.807, 2.05) is 45.0 Å². The number of carbonyl (C=O) groups excluding carboxylic acids is 2. The van der Waals surface area contributed by atoms with E-state index in [1.54, 1.807) is 6.07 Å². The molecule has 2 N–H and O–H groups in total. The van der Waals surface area contributed by atoms with Crippen molar-refractivity contribution in [2.45, 2.75) is 39.7 Å². The molecule has 0 aliphatic heterocycles. The molecule has 1 aromatic heterocycles. The first-order chi connectivity index (χ1) is 11.5. The second kappa shape index (κ2) is 8.24. The second-order valence-corrected chi connectivity index (χ2v) is 5.68. The minimum atomic E-state index is -0.325. The number of para-hydroxylation sites is 1. The van der Waals surface area contributed by atoms with E-state index in [0.29, 0.717) is 5.56 Å². The van der Waals surface area contributed by atoms with Gasteiger partial charge in [-0.1, -0.05) is 32.0 Å². The van der Waals surface area contributed by atoms with Gasteiger partial charge in [0.05, 0.1) is 0 Å². The Bertz CT molecular complexity index is 728. The van der Waals surface area contributed by atoms with Crippen LogP contribution in [0.2, 0.25) is 0 Å². The molecule has 2 rings (SSSR count). The molecule has 0 saturated carbocycles. The third kappa shape index (κ3) is 4.41. The highest BCUT2D eigenvalue weighted by Crippen LogP contribution is 2.16. The molecule has 5 heteroatoms. The van der Waals surface area contributed by atoms with E-state index in [9.17, 15) is 9.59 Å². The first kappa shape index (κ1) is 17.7. The zero-order valence-corrected chi connectivity index (χ0v) is 14.3. The summed E-state index contributed by atoms with van der Waals surface area (Å²) in [4.78, 5) is 28.7. The van der Waals surface area contributed by atoms with Gasteiger partial charge in [0.15, 0.2) is 0 Å². The van der Waals surface area contributed by atoms with E-state index in [0.717, 1.165) is 24.1 Å². The molecule has 1 aromatic carbocycles. The number of hydrogen-bond acceptors (Lipinski definition) is 3. The van der Waals surface area contributed by atoms with E-state index in [-0.39, 0.29) is 23.6 Å². The van der Waals surface area contributed by atoms with Crippen LogP contribution < -0.4 is 10.6 Å². The van der Waals surface area contributed by atoms with Gasteiger partial charge in [-0.05, 0) is 43.5 Å². The highest BCUT2D eigenvalue weighted by Gasteiger charge is 2.14. The van der Waals surface area contributed by atoms with Crippen LogP contribution >= 0.6 is 0 Å². The van der Waals surface area contributed by atoms with Gasteiger partial charge in [-0.3, -0.25) is 14.6 Å². The lowest BCUT2D eigenvalue weighted by atomic mass is 10.1. The van der Waals surface area contributed by atoms with Gasteiger partial charge in [-0.2, -0.15) is 0 Å². The minimum absolute atomic E-state index is 0.0828. The lowest BCUT2D eigenvalue weighted by molar-refractivity contribution is 0.0939. The van der Waals surface area contributed by atoms with Crippen LogP contribution in [-0.2, 0) is 6.42 Å². The highest BCUT2D eigenvalue weighted by atomic mass is 16.2. The number of hydrogen-bond donors (Lipinski definition) is 2. The van der Waals surface area contributed by atoms with Gasteiger partial charge < -0.3 is 10.6 Å². The van der Waals surface area contributed by atoms with Gasteiger partial charge in [0.2, 0.25) is 0 Å². The molecule has 24 heavy (non-hydrogen) atoms. The fraction of sp³-hybridized carbons (Fsp3) is 0.316. The molecule has 1 atom stereocenters. The Morgan fingerprint density at radius 2 is 1.88 bits per heavy atom. The number of amides is 2. The molecule has 0 aliphatic carbocycles. The maximum Gasteiger partial charge on any atom is 0.274 e. The number of aromatic nitrogens is 1. The molecule has 0 spiro atoms. The Labute approximate surface area is 142 Å². The predicted molar refractivity (Wildman–Crippen MR) is 95.2 cm³/mol. The summed E-state index contributed by atoms with van der Waals surface area (Å²) in [5.74, 6) is -0.524. The number of benzene rings is 1. The zero-order chi connectivity index (χ0) is 17.5. The smallest absolute Gasteiger partial charge is 0.274 e.